The fraction of sp³-hybridized carbons (Fsp3) is 0.564. The molecule has 1 saturated heterocycles. The van der Waals surface area contributed by atoms with Crippen molar-refractivity contribution in [3.05, 3.63) is 23.8 Å². The van der Waals surface area contributed by atoms with Crippen LogP contribution in [0.5, 0.6) is 5.75 Å². The Bertz CT molecular complexity index is 2160. The van der Waals surface area contributed by atoms with Gasteiger partial charge in [-0.05, 0) is 18.1 Å². The molecule has 1 aromatic carbocycles. The number of hydrogen-bond donors (Lipinski definition) is 13. The van der Waals surface area contributed by atoms with Crippen LogP contribution >= 0.6 is 0 Å². The second-order valence-corrected chi connectivity index (χ2v) is 17.6. The van der Waals surface area contributed by atoms with Crippen LogP contribution in [0.1, 0.15) is 45.6 Å². The van der Waals surface area contributed by atoms with Crippen LogP contribution in [0, 0.1) is 11.8 Å². The summed E-state index contributed by atoms with van der Waals surface area (Å²) < 4.78 is 14.6. The van der Waals surface area contributed by atoms with Gasteiger partial charge in [0.05, 0.1) is 43.8 Å². The third kappa shape index (κ3) is 11.6. The van der Waals surface area contributed by atoms with E-state index in [0.717, 1.165) is 4.90 Å². The van der Waals surface area contributed by atoms with E-state index in [4.69, 9.17) is 5.73 Å². The Morgan fingerprint density at radius 1 is 0.891 bits per heavy atom. The lowest BCUT2D eigenvalue weighted by Gasteiger charge is -2.32. The Morgan fingerprint density at radius 3 is 2.22 bits per heavy atom. The van der Waals surface area contributed by atoms with Gasteiger partial charge in [-0.15, -0.1) is 0 Å². The van der Waals surface area contributed by atoms with Gasteiger partial charge in [-0.25, -0.2) is 0 Å². The average Bonchev–Trinajstić information content (AvgIpc) is 3.82. The van der Waals surface area contributed by atoms with E-state index in [0.29, 0.717) is 6.42 Å². The molecule has 0 radical (unpaired) electrons. The molecule has 64 heavy (non-hydrogen) atoms. The summed E-state index contributed by atoms with van der Waals surface area (Å²) in [5, 5.41) is 58.8. The topological polar surface area (TPSA) is 387 Å². The number of fused-ring (bicyclic) bond motifs is 5. The molecule has 9 amide bonds. The molecule has 11 atom stereocenters. The highest BCUT2D eigenvalue weighted by molar-refractivity contribution is 7.91. The highest BCUT2D eigenvalue weighted by atomic mass is 32.2. The van der Waals surface area contributed by atoms with Crippen LogP contribution in [0.3, 0.4) is 0 Å². The lowest BCUT2D eigenvalue weighted by molar-refractivity contribution is -0.144. The maximum absolute atomic E-state index is 14.6. The van der Waals surface area contributed by atoms with Gasteiger partial charge in [-0.3, -0.25) is 43.2 Å². The largest absolute Gasteiger partial charge is 0.610 e. The lowest BCUT2D eigenvalue weighted by Crippen LogP contribution is -2.62. The fourth-order valence-electron chi connectivity index (χ4n) is 7.70. The monoisotopic (exact) mass is 918 g/mol. The van der Waals surface area contributed by atoms with Crippen molar-refractivity contribution in [2.45, 2.75) is 99.9 Å². The molecule has 4 heterocycles. The van der Waals surface area contributed by atoms with Crippen molar-refractivity contribution in [1.29, 1.82) is 0 Å². The van der Waals surface area contributed by atoms with Gasteiger partial charge in [0.1, 0.15) is 41.7 Å². The maximum atomic E-state index is 14.6. The van der Waals surface area contributed by atoms with Crippen LogP contribution in [-0.4, -0.2) is 168 Å². The summed E-state index contributed by atoms with van der Waals surface area (Å²) in [5.74, 6) is -12.1. The van der Waals surface area contributed by atoms with Crippen LogP contribution in [-0.2, 0) is 60.7 Å². The smallest absolute Gasteiger partial charge is 0.248 e. The van der Waals surface area contributed by atoms with Crippen molar-refractivity contribution < 1.29 is 68.1 Å². The molecule has 2 aromatic rings. The molecule has 0 aliphatic carbocycles. The molecule has 14 N–H and O–H groups in total. The zero-order valence-corrected chi connectivity index (χ0v) is 36.0. The minimum Gasteiger partial charge on any atom is -0.610 e. The molecular weight excluding hydrogens is 865 g/mol. The predicted molar refractivity (Wildman–Crippen MR) is 222 cm³/mol. The standard InChI is InChI=1S/C39H54N10O14S/c1-4-16(2)31-36(60)42-11-29(55)43-25-15-64(63)38-21(20-6-5-18(51)7-22(20)46-38)9-23(33(57)41-12-30(56)47-31)44-37(61)32(17(3)27(53)14-50)48-35(59)26-8-19(52)13-49(26)39(62)24(10-28(40)54)45-34(25)58/h5-7,16-17,19,23-27,31-32,46,50-53H,4,8-15H2,1-3H3,(H2,40,54)(H,41,57)(H,42,60)(H,43,55)(H,44,61)(H,45,58)(H,47,56)(H,48,59)/t16-,17-,19?,23?,24?,25?,26?,27-,31-,32-,64+/m0/s1. The number of amides is 9. The van der Waals surface area contributed by atoms with Crippen molar-refractivity contribution in [2.24, 2.45) is 17.6 Å². The Balaban J connectivity index is 1.73. The molecule has 0 saturated carbocycles. The average molecular weight is 919 g/mol. The number of carbonyl (C=O) groups is 9. The number of aliphatic hydroxyl groups excluding tert-OH is 3. The zero-order chi connectivity index (χ0) is 47.2. The summed E-state index contributed by atoms with van der Waals surface area (Å²) in [6, 6.07) is -5.99. The number of aromatic nitrogens is 1. The molecular formula is C39H54N10O14S. The van der Waals surface area contributed by atoms with Gasteiger partial charge in [0.2, 0.25) is 58.2 Å². The van der Waals surface area contributed by atoms with E-state index >= 15 is 0 Å². The van der Waals surface area contributed by atoms with Gasteiger partial charge in [0, 0.05) is 53.5 Å². The Kier molecular flexibility index (Phi) is 16.2. The number of carbonyl (C=O) groups excluding carboxylic acids is 9. The van der Waals surface area contributed by atoms with Crippen LogP contribution in [0.4, 0.5) is 0 Å². The highest BCUT2D eigenvalue weighted by Gasteiger charge is 2.45. The number of nitrogens with one attached hydrogen (secondary N) is 8. The fourth-order valence-corrected chi connectivity index (χ4v) is 9.10. The quantitative estimate of drug-likeness (QED) is 0.115. The molecule has 2 bridgehead atoms. The van der Waals surface area contributed by atoms with E-state index in [-0.39, 0.29) is 27.2 Å². The number of aromatic hydroxyl groups is 1. The predicted octanol–water partition coefficient (Wildman–Crippen LogP) is -5.92. The van der Waals surface area contributed by atoms with Gasteiger partial charge in [-0.2, -0.15) is 0 Å². The molecule has 3 aliphatic rings. The molecule has 0 spiro atoms. The van der Waals surface area contributed by atoms with Gasteiger partial charge in [0.25, 0.3) is 0 Å². The summed E-state index contributed by atoms with van der Waals surface area (Å²) in [5.41, 5.74) is 5.73. The van der Waals surface area contributed by atoms with Crippen LogP contribution in [0.25, 0.3) is 10.9 Å². The van der Waals surface area contributed by atoms with E-state index in [1.54, 1.807) is 13.8 Å². The normalized spacial score (nSPS) is 28.5. The van der Waals surface area contributed by atoms with Gasteiger partial charge in [0.15, 0.2) is 6.04 Å². The van der Waals surface area contributed by atoms with Gasteiger partial charge in [-0.1, -0.05) is 27.2 Å². The van der Waals surface area contributed by atoms with E-state index < -0.39 is 176 Å². The summed E-state index contributed by atoms with van der Waals surface area (Å²) in [4.78, 5) is 127. The molecule has 1 fully saturated rings. The Morgan fingerprint density at radius 2 is 1.56 bits per heavy atom. The number of aliphatic hydroxyl groups is 3. The molecule has 1 aromatic heterocycles. The minimum atomic E-state index is -2.38. The summed E-state index contributed by atoms with van der Waals surface area (Å²) in [6.45, 7) is 1.76. The molecule has 24 nitrogen and oxygen atoms in total. The van der Waals surface area contributed by atoms with Gasteiger partial charge >= 0.3 is 0 Å². The number of aromatic amines is 1. The second kappa shape index (κ2) is 21.1. The van der Waals surface area contributed by atoms with E-state index in [2.05, 4.69) is 42.2 Å². The number of nitrogens with two attached hydrogens (primary N) is 1. The Labute approximate surface area is 368 Å². The van der Waals surface area contributed by atoms with E-state index in [1.807, 2.05) is 0 Å². The number of hydrogen-bond acceptors (Lipinski definition) is 14. The molecule has 3 aliphatic heterocycles. The van der Waals surface area contributed by atoms with Crippen molar-refractivity contribution in [2.75, 3.05) is 32.0 Å². The number of benzene rings is 1. The number of primary amides is 1. The van der Waals surface area contributed by atoms with Crippen molar-refractivity contribution in [1.82, 2.24) is 47.1 Å². The van der Waals surface area contributed by atoms with Crippen molar-refractivity contribution >= 4 is 75.2 Å². The first kappa shape index (κ1) is 49.0. The molecule has 25 heteroatoms. The lowest BCUT2D eigenvalue weighted by atomic mass is 9.93. The molecule has 5 unspecified atom stereocenters. The molecule has 350 valence electrons. The van der Waals surface area contributed by atoms with Crippen LogP contribution < -0.4 is 43.0 Å². The van der Waals surface area contributed by atoms with E-state index in [1.165, 1.54) is 25.1 Å². The Hall–Kier alpha value is -6.02. The third-order valence-electron chi connectivity index (χ3n) is 11.5. The first-order chi connectivity index (χ1) is 30.2. The SMILES string of the molecule is CC[C@H](C)[C@@H]1NC(=O)CNC(=O)C2Cc3c([nH]c4cc(O)ccc34)[S@+]([O-])CC(NC(=O)CNC1=O)C(=O)NC(CC(N)=O)C(=O)N1CC(O)CC1C(=O)N[C@@H]([C@@H](C)[C@@H](O)CO)C(=O)N2. The summed E-state index contributed by atoms with van der Waals surface area (Å²) in [7, 11) is 0. The molecule has 5 rings (SSSR count). The number of phenolic OH excluding ortho intramolecular Hbond substituents is 1. The van der Waals surface area contributed by atoms with Crippen LogP contribution in [0.15, 0.2) is 23.2 Å². The number of nitrogens with zero attached hydrogens (tertiary/aromatic N) is 1. The first-order valence-corrected chi connectivity index (χ1v) is 21.9. The summed E-state index contributed by atoms with van der Waals surface area (Å²) >= 11 is -2.38. The number of rotatable bonds is 7. The minimum absolute atomic E-state index is 0.0800. The van der Waals surface area contributed by atoms with Crippen LogP contribution in [0.2, 0.25) is 0 Å². The first-order valence-electron chi connectivity index (χ1n) is 20.6. The number of phenols is 1. The van der Waals surface area contributed by atoms with Crippen molar-refractivity contribution in [3.63, 3.8) is 0 Å². The third-order valence-corrected chi connectivity index (χ3v) is 13.0. The highest BCUT2D eigenvalue weighted by Crippen LogP contribution is 2.31. The summed E-state index contributed by atoms with van der Waals surface area (Å²) in [6.07, 6.45) is -4.42. The maximum Gasteiger partial charge on any atom is 0.248 e. The van der Waals surface area contributed by atoms with Gasteiger partial charge < -0.3 is 77.8 Å². The van der Waals surface area contributed by atoms with E-state index in [9.17, 15) is 68.1 Å². The zero-order valence-electron chi connectivity index (χ0n) is 35.2. The second-order valence-electron chi connectivity index (χ2n) is 16.1. The van der Waals surface area contributed by atoms with Crippen molar-refractivity contribution in [3.8, 4) is 5.75 Å². The number of H-pyrrole nitrogens is 1.